The third-order valence-electron chi connectivity index (χ3n) is 4.12. The molecule has 0 fully saturated rings. The Morgan fingerprint density at radius 2 is 1.88 bits per heavy atom. The van der Waals surface area contributed by atoms with E-state index in [2.05, 4.69) is 20.9 Å². The Morgan fingerprint density at radius 1 is 1.15 bits per heavy atom. The summed E-state index contributed by atoms with van der Waals surface area (Å²) < 4.78 is 29.6. The monoisotopic (exact) mass is 433 g/mol. The number of nitrogens with zero attached hydrogens (tertiary/aromatic N) is 1. The number of ether oxygens (including phenoxy) is 1. The van der Waals surface area contributed by atoms with Crippen LogP contribution in [0.1, 0.15) is 15.9 Å². The smallest absolute Gasteiger partial charge is 0.338 e. The number of pyridine rings is 1. The molecule has 134 valence electrons. The van der Waals surface area contributed by atoms with Crippen molar-refractivity contribution in [3.8, 4) is 11.3 Å². The minimum atomic E-state index is -3.41. The number of esters is 1. The molecule has 0 N–H and O–H groups in total. The zero-order valence-electron chi connectivity index (χ0n) is 14.4. The molecule has 0 atom stereocenters. The molecule has 5 nitrogen and oxygen atoms in total. The van der Waals surface area contributed by atoms with Gasteiger partial charge < -0.3 is 4.74 Å². The predicted octanol–water partition coefficient (Wildman–Crippen LogP) is 4.16. The fourth-order valence-corrected chi connectivity index (χ4v) is 3.90. The zero-order chi connectivity index (χ0) is 19.1. The highest BCUT2D eigenvalue weighted by molar-refractivity contribution is 9.10. The molecule has 3 aromatic rings. The Hall–Kier alpha value is -2.25. The van der Waals surface area contributed by atoms with Crippen molar-refractivity contribution >= 4 is 42.6 Å². The fourth-order valence-electron chi connectivity index (χ4n) is 2.85. The third-order valence-corrected chi connectivity index (χ3v) is 5.72. The predicted molar refractivity (Wildman–Crippen MR) is 104 cm³/mol. The number of hydrogen-bond donors (Lipinski definition) is 0. The van der Waals surface area contributed by atoms with Crippen LogP contribution >= 0.6 is 15.9 Å². The third kappa shape index (κ3) is 3.37. The number of aromatic nitrogens is 1. The van der Waals surface area contributed by atoms with Gasteiger partial charge in [0.25, 0.3) is 0 Å². The van der Waals surface area contributed by atoms with E-state index in [1.807, 2.05) is 24.3 Å². The molecule has 0 saturated heterocycles. The summed E-state index contributed by atoms with van der Waals surface area (Å²) in [5, 5.41) is 0.455. The lowest BCUT2D eigenvalue weighted by atomic mass is 9.98. The molecule has 0 unspecified atom stereocenters. The van der Waals surface area contributed by atoms with E-state index in [1.54, 1.807) is 13.0 Å². The molecule has 1 aromatic heterocycles. The van der Waals surface area contributed by atoms with E-state index in [0.717, 1.165) is 16.3 Å². The molecule has 1 heterocycles. The Morgan fingerprint density at radius 3 is 2.50 bits per heavy atom. The van der Waals surface area contributed by atoms with Crippen molar-refractivity contribution in [3.05, 3.63) is 58.1 Å². The van der Waals surface area contributed by atoms with Gasteiger partial charge in [-0.2, -0.15) is 0 Å². The topological polar surface area (TPSA) is 73.3 Å². The van der Waals surface area contributed by atoms with Crippen LogP contribution < -0.4 is 0 Å². The van der Waals surface area contributed by atoms with Gasteiger partial charge in [-0.1, -0.05) is 28.1 Å². The summed E-state index contributed by atoms with van der Waals surface area (Å²) in [5.41, 5.74) is 2.96. The second-order valence-corrected chi connectivity index (χ2v) is 8.84. The maximum Gasteiger partial charge on any atom is 0.338 e. The lowest BCUT2D eigenvalue weighted by molar-refractivity contribution is 0.0602. The molecule has 0 aliphatic rings. The second kappa shape index (κ2) is 6.81. The average Bonchev–Trinajstić information content (AvgIpc) is 2.59. The molecule has 3 rings (SSSR count). The molecular formula is C19H16BrNO4S. The quantitative estimate of drug-likeness (QED) is 0.579. The van der Waals surface area contributed by atoms with Crippen LogP contribution in [0.3, 0.4) is 0 Å². The van der Waals surface area contributed by atoms with E-state index in [4.69, 9.17) is 4.74 Å². The van der Waals surface area contributed by atoms with Gasteiger partial charge in [0.15, 0.2) is 9.84 Å². The summed E-state index contributed by atoms with van der Waals surface area (Å²) in [5.74, 6) is -0.531. The van der Waals surface area contributed by atoms with Crippen molar-refractivity contribution in [1.29, 1.82) is 0 Å². The molecule has 26 heavy (non-hydrogen) atoms. The van der Waals surface area contributed by atoms with Gasteiger partial charge >= 0.3 is 5.97 Å². The standard InChI is InChI=1S/C19H16BrNO4S/c1-11-17(19(22)25-2)15-10-14(26(3,23)24)7-8-16(15)21-18(11)12-5-4-6-13(20)9-12/h4-10H,1-3H3. The van der Waals surface area contributed by atoms with Crippen LogP contribution in [0, 0.1) is 6.92 Å². The van der Waals surface area contributed by atoms with Crippen LogP contribution in [0.4, 0.5) is 0 Å². The molecule has 0 aliphatic carbocycles. The van der Waals surface area contributed by atoms with Gasteiger partial charge in [-0.05, 0) is 42.8 Å². The van der Waals surface area contributed by atoms with E-state index in [1.165, 1.54) is 19.2 Å². The van der Waals surface area contributed by atoms with Crippen LogP contribution in [0.2, 0.25) is 0 Å². The highest BCUT2D eigenvalue weighted by atomic mass is 79.9. The summed E-state index contributed by atoms with van der Waals surface area (Å²) in [4.78, 5) is 17.2. The molecule has 7 heteroatoms. The van der Waals surface area contributed by atoms with Gasteiger partial charge in [-0.25, -0.2) is 18.2 Å². The number of carbonyl (C=O) groups excluding carboxylic acids is 1. The maximum atomic E-state index is 12.5. The lowest BCUT2D eigenvalue weighted by Gasteiger charge is -2.14. The SMILES string of the molecule is COC(=O)c1c(C)c(-c2cccc(Br)c2)nc2ccc(S(C)(=O)=O)cc12. The highest BCUT2D eigenvalue weighted by Crippen LogP contribution is 2.32. The van der Waals surface area contributed by atoms with Crippen molar-refractivity contribution in [2.75, 3.05) is 13.4 Å². The summed E-state index contributed by atoms with van der Waals surface area (Å²) >= 11 is 3.44. The molecule has 0 bridgehead atoms. The first kappa shape index (κ1) is 18.5. The number of halogens is 1. The number of carbonyl (C=O) groups is 1. The largest absolute Gasteiger partial charge is 0.465 e. The lowest BCUT2D eigenvalue weighted by Crippen LogP contribution is -2.08. The van der Waals surface area contributed by atoms with Gasteiger partial charge in [-0.3, -0.25) is 0 Å². The number of sulfone groups is 1. The van der Waals surface area contributed by atoms with Gasteiger partial charge in [0, 0.05) is 21.7 Å². The molecule has 0 spiro atoms. The van der Waals surface area contributed by atoms with Crippen molar-refractivity contribution in [2.24, 2.45) is 0 Å². The molecular weight excluding hydrogens is 418 g/mol. The number of methoxy groups -OCH3 is 1. The summed E-state index contributed by atoms with van der Waals surface area (Å²) in [6.45, 7) is 1.78. The van der Waals surface area contributed by atoms with Gasteiger partial charge in [-0.15, -0.1) is 0 Å². The van der Waals surface area contributed by atoms with Crippen LogP contribution in [-0.4, -0.2) is 32.7 Å². The first-order chi connectivity index (χ1) is 12.2. The van der Waals surface area contributed by atoms with Crippen LogP contribution in [0.15, 0.2) is 51.8 Å². The Labute approximate surface area is 160 Å². The molecule has 0 aliphatic heterocycles. The molecule has 0 radical (unpaired) electrons. The number of rotatable bonds is 3. The zero-order valence-corrected chi connectivity index (χ0v) is 16.8. The van der Waals surface area contributed by atoms with Gasteiger partial charge in [0.05, 0.1) is 28.8 Å². The van der Waals surface area contributed by atoms with E-state index in [-0.39, 0.29) is 4.90 Å². The molecule has 2 aromatic carbocycles. The van der Waals surface area contributed by atoms with Crippen molar-refractivity contribution < 1.29 is 17.9 Å². The first-order valence-corrected chi connectivity index (χ1v) is 10.4. The van der Waals surface area contributed by atoms with Crippen molar-refractivity contribution in [1.82, 2.24) is 4.98 Å². The Bertz CT molecular complexity index is 1140. The van der Waals surface area contributed by atoms with Gasteiger partial charge in [0.1, 0.15) is 0 Å². The number of benzene rings is 2. The highest BCUT2D eigenvalue weighted by Gasteiger charge is 2.21. The normalized spacial score (nSPS) is 11.5. The van der Waals surface area contributed by atoms with Crippen molar-refractivity contribution in [3.63, 3.8) is 0 Å². The van der Waals surface area contributed by atoms with E-state index in [9.17, 15) is 13.2 Å². The van der Waals surface area contributed by atoms with Crippen LogP contribution in [0.5, 0.6) is 0 Å². The molecule has 0 saturated carbocycles. The first-order valence-electron chi connectivity index (χ1n) is 7.71. The summed E-state index contributed by atoms with van der Waals surface area (Å²) in [7, 11) is -2.11. The van der Waals surface area contributed by atoms with E-state index >= 15 is 0 Å². The number of fused-ring (bicyclic) bond motifs is 1. The van der Waals surface area contributed by atoms with Gasteiger partial charge in [0.2, 0.25) is 0 Å². The second-order valence-electron chi connectivity index (χ2n) is 5.91. The van der Waals surface area contributed by atoms with Crippen LogP contribution in [-0.2, 0) is 14.6 Å². The summed E-state index contributed by atoms with van der Waals surface area (Å²) in [6.07, 6.45) is 1.13. The Kier molecular flexibility index (Phi) is 4.86. The number of hydrogen-bond acceptors (Lipinski definition) is 5. The Balaban J connectivity index is 2.41. The summed E-state index contributed by atoms with van der Waals surface area (Å²) in [6, 6.07) is 12.2. The van der Waals surface area contributed by atoms with E-state index < -0.39 is 15.8 Å². The minimum absolute atomic E-state index is 0.131. The van der Waals surface area contributed by atoms with Crippen LogP contribution in [0.25, 0.3) is 22.2 Å². The minimum Gasteiger partial charge on any atom is -0.465 e. The maximum absolute atomic E-state index is 12.5. The van der Waals surface area contributed by atoms with E-state index in [0.29, 0.717) is 27.7 Å². The molecule has 0 amide bonds. The fraction of sp³-hybridized carbons (Fsp3) is 0.158. The average molecular weight is 434 g/mol. The van der Waals surface area contributed by atoms with Crippen molar-refractivity contribution in [2.45, 2.75) is 11.8 Å².